The number of fused-ring (bicyclic) bond motifs is 1. The monoisotopic (exact) mass is 1480 g/mol. The molecule has 0 aliphatic carbocycles. The number of para-hydroxylation sites is 1. The number of carbonyl (C=O) groups is 12. The Morgan fingerprint density at radius 2 is 1.03 bits per heavy atom. The Hall–Kier alpha value is -10.7. The number of unbranched alkanes of at least 4 members (excludes halogenated alkanes) is 1. The van der Waals surface area contributed by atoms with E-state index in [4.69, 9.17) is 22.9 Å². The zero-order valence-electron chi connectivity index (χ0n) is 61.7. The summed E-state index contributed by atoms with van der Waals surface area (Å²) in [5.74, 6) is -11.5. The van der Waals surface area contributed by atoms with E-state index in [1.165, 1.54) is 64.1 Å². The van der Waals surface area contributed by atoms with Crippen molar-refractivity contribution in [2.24, 2.45) is 39.8 Å². The molecule has 0 spiro atoms. The highest BCUT2D eigenvalue weighted by Gasteiger charge is 2.42. The Balaban J connectivity index is 1.56. The molecule has 0 bridgehead atoms. The number of aliphatic hydroxyl groups is 1. The van der Waals surface area contributed by atoms with Gasteiger partial charge in [0.1, 0.15) is 71.2 Å². The molecule has 580 valence electrons. The molecule has 32 heteroatoms. The zero-order chi connectivity index (χ0) is 79.0. The molecule has 0 fully saturated rings. The number of aromatic nitrogens is 1. The van der Waals surface area contributed by atoms with Crippen molar-refractivity contribution in [1.82, 2.24) is 63.5 Å². The first-order valence-corrected chi connectivity index (χ1v) is 35.4. The molecule has 23 N–H and O–H groups in total. The molecule has 0 saturated carbocycles. The maximum atomic E-state index is 14.9. The maximum Gasteiger partial charge on any atom is 0.326 e. The third-order valence-corrected chi connectivity index (χ3v) is 17.4. The first kappa shape index (κ1) is 87.7. The molecule has 0 unspecified atom stereocenters. The lowest BCUT2D eigenvalue weighted by atomic mass is 9.93. The minimum Gasteiger partial charge on any atom is -0.508 e. The number of carbonyl (C=O) groups excluding carboxylic acids is 11. The number of hydrogen-bond donors (Lipinski definition) is 19. The molecule has 1 aromatic heterocycles. The molecule has 106 heavy (non-hydrogen) atoms. The molecule has 12 atom stereocenters. The second kappa shape index (κ2) is 42.9. The van der Waals surface area contributed by atoms with Crippen molar-refractivity contribution in [3.8, 4) is 5.75 Å². The summed E-state index contributed by atoms with van der Waals surface area (Å²) in [6.45, 7) is 19.7. The number of guanidine groups is 1. The van der Waals surface area contributed by atoms with Gasteiger partial charge in [0.25, 0.3) is 0 Å². The van der Waals surface area contributed by atoms with E-state index in [9.17, 15) is 72.9 Å². The number of amides is 11. The van der Waals surface area contributed by atoms with Gasteiger partial charge in [0.15, 0.2) is 5.96 Å². The van der Waals surface area contributed by atoms with E-state index in [1.807, 2.05) is 12.1 Å². The van der Waals surface area contributed by atoms with Crippen molar-refractivity contribution in [2.45, 2.75) is 204 Å². The number of aliphatic imine (C=N–C) groups is 1. The Morgan fingerprint density at radius 1 is 0.547 bits per heavy atom. The number of aliphatic hydroxyl groups excluding tert-OH is 1. The fraction of sp³-hybridized carbons (Fsp3) is 0.500. The fourth-order valence-electron chi connectivity index (χ4n) is 11.4. The van der Waals surface area contributed by atoms with E-state index in [2.05, 4.69) is 81.6 Å². The molecule has 3 aromatic carbocycles. The van der Waals surface area contributed by atoms with Crippen LogP contribution in [0.1, 0.15) is 130 Å². The summed E-state index contributed by atoms with van der Waals surface area (Å²) in [4.78, 5) is 176. The largest absolute Gasteiger partial charge is 0.508 e. The van der Waals surface area contributed by atoms with Gasteiger partial charge in [-0.1, -0.05) is 101 Å². The second-order valence-corrected chi connectivity index (χ2v) is 27.7. The lowest BCUT2D eigenvalue weighted by Crippen LogP contribution is -2.64. The number of nitrogens with two attached hydrogens (primary N) is 4. The van der Waals surface area contributed by atoms with Crippen LogP contribution in [0.4, 0.5) is 0 Å². The van der Waals surface area contributed by atoms with Crippen molar-refractivity contribution in [3.05, 3.63) is 127 Å². The number of aliphatic carboxylic acids is 1. The summed E-state index contributed by atoms with van der Waals surface area (Å²) in [5.41, 5.74) is 21.4. The van der Waals surface area contributed by atoms with E-state index in [0.717, 1.165) is 10.9 Å². The lowest BCUT2D eigenvalue weighted by molar-refractivity contribution is -0.142. The Labute approximate surface area is 617 Å². The van der Waals surface area contributed by atoms with Crippen molar-refractivity contribution in [2.75, 3.05) is 19.6 Å². The van der Waals surface area contributed by atoms with E-state index >= 15 is 0 Å². The van der Waals surface area contributed by atoms with Crippen LogP contribution in [0.5, 0.6) is 5.75 Å². The number of benzene rings is 3. The number of hydrogen-bond acceptors (Lipinski definition) is 17. The van der Waals surface area contributed by atoms with Gasteiger partial charge >= 0.3 is 5.97 Å². The van der Waals surface area contributed by atoms with Crippen molar-refractivity contribution in [3.63, 3.8) is 0 Å². The van der Waals surface area contributed by atoms with Crippen molar-refractivity contribution in [1.29, 1.82) is 0 Å². The quantitative estimate of drug-likeness (QED) is 0.0119. The molecule has 0 aliphatic heterocycles. The standard InChI is InChI=1S/C74H109N17O15/c1-11-31-73(9,70(105)81-41-59(94)83-52(26-20-34-79-72(77)78)62(96)88-58(69(103)104)39-48-40-80-51-24-17-16-23-50(48)51)90-66(100)55(36-43(5)6)86-63(97)53(25-18-19-33-75)84-64(98)54(35-42(3)4)89-71(106)74(10,32-12-2)91-67(101)57(37-46-21-14-13-15-22-46)87-65(99)56(38-47-27-29-49(93)30-28-47)85-61(95)44(7)82-68(102)60(76)45(8)92/h11-17,21-24,27-30,40,42-45,52-58,60,80,92-93H,1-2,18-20,25-26,31-39,41,75-76H2,3-10H3,(H,81,105)(H,82,102)(H,83,94)(H,84,98)(H,85,95)(H,86,97)(H,87,99)(H,88,96)(H,89,106)(H,90,100)(H,91,101)(H,103,104)(H4,77,78,79)/t44-,45+,52-,53-,54-,55-,56-,57-,58-,60-,73-,74-/m0/s1. The summed E-state index contributed by atoms with van der Waals surface area (Å²) < 4.78 is 0. The number of rotatable bonds is 46. The van der Waals surface area contributed by atoms with Crippen LogP contribution in [0.15, 0.2) is 115 Å². The van der Waals surface area contributed by atoms with Crippen molar-refractivity contribution < 1.29 is 72.9 Å². The first-order chi connectivity index (χ1) is 50.0. The van der Waals surface area contributed by atoms with Crippen LogP contribution in [-0.2, 0) is 76.8 Å². The van der Waals surface area contributed by atoms with Crippen LogP contribution in [0.3, 0.4) is 0 Å². The highest BCUT2D eigenvalue weighted by atomic mass is 16.4. The Morgan fingerprint density at radius 3 is 1.59 bits per heavy atom. The lowest BCUT2D eigenvalue weighted by Gasteiger charge is -2.33. The summed E-state index contributed by atoms with van der Waals surface area (Å²) in [6.07, 6.45) is 3.11. The summed E-state index contributed by atoms with van der Waals surface area (Å²) in [7, 11) is 0. The number of aromatic amines is 1. The average Bonchev–Trinajstić information content (AvgIpc) is 1.34. The van der Waals surface area contributed by atoms with Crippen molar-refractivity contribution >= 4 is 87.8 Å². The number of carboxylic acids is 1. The highest BCUT2D eigenvalue weighted by molar-refractivity contribution is 6.01. The molecule has 0 saturated heterocycles. The number of phenolic OH excluding ortho intramolecular Hbond substituents is 1. The summed E-state index contributed by atoms with van der Waals surface area (Å²) >= 11 is 0. The molecule has 0 aliphatic rings. The average molecular weight is 1480 g/mol. The Kier molecular flexibility index (Phi) is 35.5. The molecule has 1 heterocycles. The van der Waals surface area contributed by atoms with E-state index in [-0.39, 0.29) is 101 Å². The van der Waals surface area contributed by atoms with Gasteiger partial charge in [-0.3, -0.25) is 57.7 Å². The third kappa shape index (κ3) is 28.7. The summed E-state index contributed by atoms with van der Waals surface area (Å²) in [5, 5.41) is 60.0. The predicted octanol–water partition coefficient (Wildman–Crippen LogP) is -0.115. The Bertz CT molecular complexity index is 3690. The van der Waals surface area contributed by atoms with Gasteiger partial charge in [0.05, 0.1) is 12.6 Å². The van der Waals surface area contributed by atoms with Crippen LogP contribution in [0, 0.1) is 11.8 Å². The number of phenols is 1. The van der Waals surface area contributed by atoms with Crippen LogP contribution in [-0.4, -0.2) is 188 Å². The number of H-pyrrole nitrogens is 1. The molecule has 11 amide bonds. The summed E-state index contributed by atoms with van der Waals surface area (Å²) in [6, 6.07) is 9.24. The van der Waals surface area contributed by atoms with Crippen LogP contribution in [0.25, 0.3) is 10.9 Å². The molecular weight excluding hydrogens is 1370 g/mol. The first-order valence-electron chi connectivity index (χ1n) is 35.4. The predicted molar refractivity (Wildman–Crippen MR) is 400 cm³/mol. The van der Waals surface area contributed by atoms with Crippen LogP contribution in [0.2, 0.25) is 0 Å². The SMILES string of the molecule is C=CC[C@](C)(NC(=O)[C@H](CC(C)C)NC(=O)[C@H](CCCCN)NC(=O)[C@H](CC(C)C)NC(=O)[C@](C)(CC=C)NC(=O)[C@H](Cc1ccccc1)NC(=O)[C@H](Cc1ccc(O)cc1)NC(=O)[C@H](C)NC(=O)[C@@H](N)[C@@H](C)O)C(=O)NCC(=O)N[C@@H](CCCN=C(N)N)C(=O)N[C@@H](Cc1c[nH]c2ccccc12)C(=O)O. The van der Waals surface area contributed by atoms with Gasteiger partial charge in [-0.2, -0.15) is 0 Å². The number of carboxylic acid groups (broad SMARTS) is 1. The molecular formula is C74H109N17O15. The van der Waals surface area contributed by atoms with E-state index in [1.54, 1.807) is 76.4 Å². The number of nitrogens with zero attached hydrogens (tertiary/aromatic N) is 1. The minimum atomic E-state index is -1.89. The fourth-order valence-corrected chi connectivity index (χ4v) is 11.4. The van der Waals surface area contributed by atoms with E-state index < -0.39 is 149 Å². The minimum absolute atomic E-state index is 0.00220. The normalized spacial score (nSPS) is 15.2. The molecule has 4 rings (SSSR count). The van der Waals surface area contributed by atoms with Gasteiger partial charge in [-0.25, -0.2) is 4.79 Å². The maximum absolute atomic E-state index is 14.9. The smallest absolute Gasteiger partial charge is 0.326 e. The third-order valence-electron chi connectivity index (χ3n) is 17.4. The van der Waals surface area contributed by atoms with E-state index in [0.29, 0.717) is 29.5 Å². The van der Waals surface area contributed by atoms with Gasteiger partial charge in [0, 0.05) is 42.9 Å². The van der Waals surface area contributed by atoms with Gasteiger partial charge in [0.2, 0.25) is 65.0 Å². The zero-order valence-corrected chi connectivity index (χ0v) is 61.7. The number of nitrogens with one attached hydrogen (secondary N) is 12. The second-order valence-electron chi connectivity index (χ2n) is 27.7. The van der Waals surface area contributed by atoms with Crippen LogP contribution < -0.4 is 81.4 Å². The molecule has 0 radical (unpaired) electrons. The molecule has 32 nitrogen and oxygen atoms in total. The number of aromatic hydroxyl groups is 1. The van der Waals surface area contributed by atoms with Gasteiger partial charge in [-0.15, -0.1) is 13.2 Å². The highest BCUT2D eigenvalue weighted by Crippen LogP contribution is 2.22. The van der Waals surface area contributed by atoms with Gasteiger partial charge < -0.3 is 102 Å². The van der Waals surface area contributed by atoms with Crippen LogP contribution >= 0.6 is 0 Å². The van der Waals surface area contributed by atoms with Gasteiger partial charge in [-0.05, 0) is 139 Å². The topological polar surface area (TPSA) is 530 Å². The molecule has 4 aromatic rings.